The summed E-state index contributed by atoms with van der Waals surface area (Å²) in [5, 5.41) is 18.6. The number of amides is 6. The summed E-state index contributed by atoms with van der Waals surface area (Å²) in [7, 11) is 2.25. The Balaban J connectivity index is 1.34. The molecule has 4 heterocycles. The largest absolute Gasteiger partial charge is 0.480 e. The minimum absolute atomic E-state index is 0.0230. The molecule has 274 valence electrons. The first-order chi connectivity index (χ1) is 24.8. The summed E-state index contributed by atoms with van der Waals surface area (Å²) in [6.07, 6.45) is 0. The molecule has 2 aromatic rings. The van der Waals surface area contributed by atoms with Gasteiger partial charge in [-0.25, -0.2) is 9.59 Å². The van der Waals surface area contributed by atoms with Crippen molar-refractivity contribution in [3.05, 3.63) is 70.8 Å². The number of aliphatic carboxylic acids is 2. The zero-order valence-electron chi connectivity index (χ0n) is 28.0. The molecule has 52 heavy (non-hydrogen) atoms. The highest BCUT2D eigenvalue weighted by Crippen LogP contribution is 2.45. The summed E-state index contributed by atoms with van der Waals surface area (Å²) in [5.74, 6) is -5.75. The Bertz CT molecular complexity index is 1810. The van der Waals surface area contributed by atoms with E-state index in [1.165, 1.54) is 64.5 Å². The number of nitrogens with zero attached hydrogens (tertiary/aromatic N) is 4. The summed E-state index contributed by atoms with van der Waals surface area (Å²) >= 11 is 2.57. The number of rotatable bonds is 13. The lowest BCUT2D eigenvalue weighted by Crippen LogP contribution is -2.58. The maximum Gasteiger partial charge on any atom is 0.327 e. The third-order valence-corrected chi connectivity index (χ3v) is 14.8. The number of carbonyl (C=O) groups excluding carboxylic acids is 6. The highest BCUT2D eigenvalue weighted by Gasteiger charge is 2.53. The fourth-order valence-electron chi connectivity index (χ4n) is 6.54. The van der Waals surface area contributed by atoms with Gasteiger partial charge in [-0.05, 0) is 31.2 Å². The molecule has 1 unspecified atom stereocenters. The van der Waals surface area contributed by atoms with Gasteiger partial charge < -0.3 is 20.0 Å². The van der Waals surface area contributed by atoms with Crippen molar-refractivity contribution >= 4 is 92.5 Å². The lowest BCUT2D eigenvalue weighted by atomic mass is 9.83. The van der Waals surface area contributed by atoms with Crippen molar-refractivity contribution in [2.75, 3.05) is 42.1 Å². The number of fused-ring (bicyclic) bond motifs is 2. The van der Waals surface area contributed by atoms with Crippen LogP contribution in [0, 0.1) is 11.3 Å². The van der Waals surface area contributed by atoms with Crippen molar-refractivity contribution in [1.29, 1.82) is 0 Å². The molecule has 6 amide bonds. The van der Waals surface area contributed by atoms with Crippen molar-refractivity contribution in [1.82, 2.24) is 19.6 Å². The highest BCUT2D eigenvalue weighted by molar-refractivity contribution is 8.77. The third-order valence-electron chi connectivity index (χ3n) is 9.59. The molecule has 2 saturated heterocycles. The van der Waals surface area contributed by atoms with Crippen LogP contribution in [0.15, 0.2) is 48.5 Å². The van der Waals surface area contributed by atoms with Crippen LogP contribution in [-0.2, 0) is 19.2 Å². The molecule has 0 saturated carbocycles. The van der Waals surface area contributed by atoms with E-state index < -0.39 is 76.7 Å². The Morgan fingerprint density at radius 2 is 1.21 bits per heavy atom. The number of hydrogen-bond donors (Lipinski definition) is 2. The Hall–Kier alpha value is -4.00. The number of carbonyl (C=O) groups is 8. The minimum Gasteiger partial charge on any atom is -0.480 e. The second kappa shape index (κ2) is 15.2. The van der Waals surface area contributed by atoms with E-state index in [9.17, 15) is 48.6 Å². The van der Waals surface area contributed by atoms with Gasteiger partial charge >= 0.3 is 11.9 Å². The lowest BCUT2D eigenvalue weighted by Gasteiger charge is -2.41. The number of imide groups is 2. The van der Waals surface area contributed by atoms with Crippen molar-refractivity contribution in [2.24, 2.45) is 11.3 Å². The quantitative estimate of drug-likeness (QED) is 0.223. The van der Waals surface area contributed by atoms with Crippen LogP contribution in [0.5, 0.6) is 0 Å². The molecule has 2 N–H and O–H groups in total. The van der Waals surface area contributed by atoms with E-state index in [1.807, 2.05) is 0 Å². The zero-order chi connectivity index (χ0) is 37.5. The van der Waals surface area contributed by atoms with Gasteiger partial charge in [0.25, 0.3) is 23.6 Å². The maximum atomic E-state index is 14.8. The molecule has 5 atom stereocenters. The van der Waals surface area contributed by atoms with Crippen LogP contribution in [-0.4, -0.2) is 137 Å². The molecule has 0 radical (unpaired) electrons. The average Bonchev–Trinajstić information content (AvgIpc) is 3.92. The first kappa shape index (κ1) is 37.7. The molecule has 4 aliphatic rings. The van der Waals surface area contributed by atoms with Crippen LogP contribution >= 0.6 is 45.1 Å². The Morgan fingerprint density at radius 3 is 1.69 bits per heavy atom. The minimum atomic E-state index is -1.76. The molecule has 2 aromatic carbocycles. The summed E-state index contributed by atoms with van der Waals surface area (Å²) < 4.78 is 0. The van der Waals surface area contributed by atoms with Crippen molar-refractivity contribution in [3.63, 3.8) is 0 Å². The van der Waals surface area contributed by atoms with Gasteiger partial charge in [0.05, 0.1) is 39.4 Å². The first-order valence-electron chi connectivity index (χ1n) is 16.2. The maximum absolute atomic E-state index is 14.8. The van der Waals surface area contributed by atoms with E-state index in [0.29, 0.717) is 0 Å². The Kier molecular flexibility index (Phi) is 11.0. The molecular formula is C34H34N4O10S4. The number of carboxylic acids is 2. The van der Waals surface area contributed by atoms with E-state index in [4.69, 9.17) is 0 Å². The molecule has 0 bridgehead atoms. The van der Waals surface area contributed by atoms with Gasteiger partial charge in [0.1, 0.15) is 12.1 Å². The van der Waals surface area contributed by atoms with Crippen molar-refractivity contribution in [3.8, 4) is 0 Å². The number of benzene rings is 2. The molecule has 0 aromatic heterocycles. The monoisotopic (exact) mass is 786 g/mol. The van der Waals surface area contributed by atoms with Crippen LogP contribution in [0.2, 0.25) is 0 Å². The summed E-state index contributed by atoms with van der Waals surface area (Å²) in [6.45, 7) is 2.32. The molecule has 2 fully saturated rings. The normalized spacial score (nSPS) is 22.0. The predicted molar refractivity (Wildman–Crippen MR) is 196 cm³/mol. The summed E-state index contributed by atoms with van der Waals surface area (Å²) in [4.78, 5) is 111. The van der Waals surface area contributed by atoms with Gasteiger partial charge in [-0.15, -0.1) is 23.5 Å². The predicted octanol–water partition coefficient (Wildman–Crippen LogP) is 2.94. The van der Waals surface area contributed by atoms with Gasteiger partial charge in [0, 0.05) is 41.5 Å². The molecule has 0 spiro atoms. The number of thioether (sulfide) groups is 2. The second-order valence-corrected chi connectivity index (χ2v) is 17.6. The van der Waals surface area contributed by atoms with E-state index >= 15 is 0 Å². The van der Waals surface area contributed by atoms with E-state index in [2.05, 4.69) is 0 Å². The van der Waals surface area contributed by atoms with Gasteiger partial charge in [-0.3, -0.25) is 38.6 Å². The first-order valence-corrected chi connectivity index (χ1v) is 20.9. The average molecular weight is 787 g/mol. The van der Waals surface area contributed by atoms with E-state index in [1.54, 1.807) is 31.2 Å². The second-order valence-electron chi connectivity index (χ2n) is 13.0. The topological polar surface area (TPSA) is 190 Å². The van der Waals surface area contributed by atoms with Crippen LogP contribution in [0.4, 0.5) is 0 Å². The van der Waals surface area contributed by atoms with E-state index in [-0.39, 0.29) is 63.7 Å². The van der Waals surface area contributed by atoms with Crippen LogP contribution in [0.3, 0.4) is 0 Å². The molecule has 18 heteroatoms. The van der Waals surface area contributed by atoms with Gasteiger partial charge in [0.15, 0.2) is 0 Å². The third kappa shape index (κ3) is 6.80. The zero-order valence-corrected chi connectivity index (χ0v) is 31.2. The van der Waals surface area contributed by atoms with Gasteiger partial charge in [0.2, 0.25) is 11.8 Å². The highest BCUT2D eigenvalue weighted by atomic mass is 33.1. The molecule has 0 aliphatic carbocycles. The Labute approximate surface area is 314 Å². The van der Waals surface area contributed by atoms with Gasteiger partial charge in [-0.1, -0.05) is 52.8 Å². The molecule has 6 rings (SSSR count). The van der Waals surface area contributed by atoms with Crippen molar-refractivity contribution in [2.45, 2.75) is 31.2 Å². The van der Waals surface area contributed by atoms with Gasteiger partial charge in [-0.2, -0.15) is 0 Å². The Morgan fingerprint density at radius 1 is 0.769 bits per heavy atom. The summed E-state index contributed by atoms with van der Waals surface area (Å²) in [5.41, 5.74) is -1.11. The molecular weight excluding hydrogens is 753 g/mol. The molecule has 14 nitrogen and oxygen atoms in total. The van der Waals surface area contributed by atoms with Crippen LogP contribution in [0.25, 0.3) is 0 Å². The van der Waals surface area contributed by atoms with Crippen molar-refractivity contribution < 1.29 is 48.6 Å². The fraction of sp³-hybridized carbons (Fsp3) is 0.412. The lowest BCUT2D eigenvalue weighted by molar-refractivity contribution is -0.152. The SMILES string of the molecule is C[C@H](CSSC(CN1C(=O)c2ccccc2C1=O)[C@@](C)(CN1C(=O)c2ccccc2C1=O)C(=O)N1CSC[C@H]1C(=O)O)C(=O)N1CSC[C@H]1C(=O)O. The summed E-state index contributed by atoms with van der Waals surface area (Å²) in [6, 6.07) is 10.3. The number of hydrogen-bond acceptors (Lipinski definition) is 12. The smallest absolute Gasteiger partial charge is 0.327 e. The van der Waals surface area contributed by atoms with E-state index in [0.717, 1.165) is 31.4 Å². The molecule has 4 aliphatic heterocycles. The standard InChI is InChI=1S/C34H34N4O10S4/c1-18(26(39)37-16-49-13-23(37)31(44)45)12-51-52-25(11-35-27(40)19-7-3-4-8-20(19)28(35)41)34(2,33(48)38-17-50-14-24(38)32(46)47)15-36-29(42)21-9-5-6-10-22(21)30(36)43/h3-10,18,23-25H,11-17H2,1-2H3,(H,44,45)(H,46,47)/t18-,23+,24+,25?,34-/m1/s1. The van der Waals surface area contributed by atoms with Crippen LogP contribution in [0.1, 0.15) is 55.3 Å². The van der Waals surface area contributed by atoms with Crippen LogP contribution < -0.4 is 0 Å². The number of carboxylic acid groups (broad SMARTS) is 2. The fourth-order valence-corrected chi connectivity index (χ4v) is 12.2.